The van der Waals surface area contributed by atoms with Crippen molar-refractivity contribution in [1.82, 2.24) is 0 Å². The van der Waals surface area contributed by atoms with Crippen molar-refractivity contribution in [3.05, 3.63) is 70.9 Å². The van der Waals surface area contributed by atoms with Gasteiger partial charge in [0.2, 0.25) is 5.91 Å². The highest BCUT2D eigenvalue weighted by atomic mass is 35.5. The van der Waals surface area contributed by atoms with Crippen LogP contribution in [0, 0.1) is 6.92 Å². The molecule has 26 heavy (non-hydrogen) atoms. The second-order valence-electron chi connectivity index (χ2n) is 6.00. The maximum absolute atomic E-state index is 12.2. The largest absolute Gasteiger partial charge is 0.497 e. The molecular weight excluding hydrogens is 350 g/mol. The maximum Gasteiger partial charge on any atom is 0.224 e. The van der Waals surface area contributed by atoms with Crippen molar-refractivity contribution in [2.24, 2.45) is 0 Å². The number of nitrogens with one attached hydrogen (secondary N) is 1. The van der Waals surface area contributed by atoms with Gasteiger partial charge < -0.3 is 14.5 Å². The van der Waals surface area contributed by atoms with Gasteiger partial charge in [0.15, 0.2) is 0 Å². The predicted octanol–water partition coefficient (Wildman–Crippen LogP) is 5.49. The lowest BCUT2D eigenvalue weighted by atomic mass is 10.1. The minimum absolute atomic E-state index is 0.0715. The summed E-state index contributed by atoms with van der Waals surface area (Å²) in [6.07, 6.45) is 0.864. The molecule has 3 rings (SSSR count). The minimum Gasteiger partial charge on any atom is -0.497 e. The molecule has 134 valence electrons. The molecule has 1 aromatic heterocycles. The highest BCUT2D eigenvalue weighted by Gasteiger charge is 2.09. The first kappa shape index (κ1) is 18.1. The monoisotopic (exact) mass is 369 g/mol. The summed E-state index contributed by atoms with van der Waals surface area (Å²) < 4.78 is 11.0. The zero-order chi connectivity index (χ0) is 18.5. The molecule has 3 aromatic rings. The fourth-order valence-electron chi connectivity index (χ4n) is 2.60. The molecule has 0 fully saturated rings. The van der Waals surface area contributed by atoms with Gasteiger partial charge in [-0.25, -0.2) is 0 Å². The van der Waals surface area contributed by atoms with E-state index in [1.54, 1.807) is 19.2 Å². The van der Waals surface area contributed by atoms with E-state index in [1.165, 1.54) is 0 Å². The first-order valence-electron chi connectivity index (χ1n) is 8.34. The molecule has 0 bridgehead atoms. The van der Waals surface area contributed by atoms with E-state index in [0.29, 0.717) is 17.9 Å². The van der Waals surface area contributed by atoms with E-state index in [-0.39, 0.29) is 5.91 Å². The molecule has 4 nitrogen and oxygen atoms in total. The Kier molecular flexibility index (Phi) is 5.64. The molecule has 1 N–H and O–H groups in total. The maximum atomic E-state index is 12.2. The van der Waals surface area contributed by atoms with E-state index >= 15 is 0 Å². The first-order valence-corrected chi connectivity index (χ1v) is 8.72. The van der Waals surface area contributed by atoms with Crippen LogP contribution in [0.15, 0.2) is 59.0 Å². The third kappa shape index (κ3) is 4.46. The summed E-state index contributed by atoms with van der Waals surface area (Å²) in [5, 5.41) is 3.49. The van der Waals surface area contributed by atoms with E-state index in [0.717, 1.165) is 34.1 Å². The number of hydrogen-bond donors (Lipinski definition) is 1. The van der Waals surface area contributed by atoms with Gasteiger partial charge in [0, 0.05) is 29.1 Å². The van der Waals surface area contributed by atoms with Crippen LogP contribution in [0.2, 0.25) is 5.02 Å². The summed E-state index contributed by atoms with van der Waals surface area (Å²) in [7, 11) is 1.63. The standard InChI is InChI=1S/C21H20ClNO3/c1-14-3-6-16(22)13-19(14)23-21(24)12-10-18-9-11-20(26-18)15-4-7-17(25-2)8-5-15/h3-9,11,13H,10,12H2,1-2H3,(H,23,24). The summed E-state index contributed by atoms with van der Waals surface area (Å²) in [6.45, 7) is 1.93. The van der Waals surface area contributed by atoms with Crippen molar-refractivity contribution < 1.29 is 13.9 Å². The van der Waals surface area contributed by atoms with Crippen LogP contribution < -0.4 is 10.1 Å². The molecule has 5 heteroatoms. The minimum atomic E-state index is -0.0715. The Morgan fingerprint density at radius 1 is 1.12 bits per heavy atom. The van der Waals surface area contributed by atoms with Crippen LogP contribution >= 0.6 is 11.6 Å². The Bertz CT molecular complexity index is 900. The fourth-order valence-corrected chi connectivity index (χ4v) is 2.77. The van der Waals surface area contributed by atoms with Gasteiger partial charge in [-0.1, -0.05) is 17.7 Å². The SMILES string of the molecule is COc1ccc(-c2ccc(CCC(=O)Nc3cc(Cl)ccc3C)o2)cc1. The topological polar surface area (TPSA) is 51.5 Å². The predicted molar refractivity (Wildman–Crippen MR) is 104 cm³/mol. The summed E-state index contributed by atoms with van der Waals surface area (Å²) >= 11 is 5.98. The number of carbonyl (C=O) groups is 1. The van der Waals surface area contributed by atoms with Gasteiger partial charge in [0.1, 0.15) is 17.3 Å². The normalized spacial score (nSPS) is 10.6. The molecule has 0 aliphatic carbocycles. The molecule has 0 spiro atoms. The number of carbonyl (C=O) groups excluding carboxylic acids is 1. The van der Waals surface area contributed by atoms with Crippen molar-refractivity contribution in [2.75, 3.05) is 12.4 Å². The highest BCUT2D eigenvalue weighted by molar-refractivity contribution is 6.31. The molecule has 0 saturated heterocycles. The van der Waals surface area contributed by atoms with Crippen molar-refractivity contribution in [1.29, 1.82) is 0 Å². The lowest BCUT2D eigenvalue weighted by Gasteiger charge is -2.08. The van der Waals surface area contributed by atoms with Crippen molar-refractivity contribution >= 4 is 23.2 Å². The number of anilines is 1. The highest BCUT2D eigenvalue weighted by Crippen LogP contribution is 2.25. The Morgan fingerprint density at radius 3 is 2.62 bits per heavy atom. The number of methoxy groups -OCH3 is 1. The van der Waals surface area contributed by atoms with Crippen LogP contribution in [0.5, 0.6) is 5.75 Å². The van der Waals surface area contributed by atoms with E-state index < -0.39 is 0 Å². The van der Waals surface area contributed by atoms with Crippen LogP contribution in [-0.2, 0) is 11.2 Å². The number of ether oxygens (including phenoxy) is 1. The summed E-state index contributed by atoms with van der Waals surface area (Å²) in [4.78, 5) is 12.2. The average Bonchev–Trinajstić information content (AvgIpc) is 3.12. The Balaban J connectivity index is 1.58. The Morgan fingerprint density at radius 2 is 1.88 bits per heavy atom. The second-order valence-corrected chi connectivity index (χ2v) is 6.44. The number of benzene rings is 2. The van der Waals surface area contributed by atoms with Gasteiger partial charge in [-0.15, -0.1) is 0 Å². The summed E-state index contributed by atoms with van der Waals surface area (Å²) in [6, 6.07) is 16.9. The number of amides is 1. The number of furan rings is 1. The van der Waals surface area contributed by atoms with Crippen molar-refractivity contribution in [3.8, 4) is 17.1 Å². The van der Waals surface area contributed by atoms with E-state index in [4.69, 9.17) is 20.8 Å². The first-order chi connectivity index (χ1) is 12.5. The van der Waals surface area contributed by atoms with Crippen LogP contribution in [-0.4, -0.2) is 13.0 Å². The zero-order valence-corrected chi connectivity index (χ0v) is 15.5. The van der Waals surface area contributed by atoms with Gasteiger partial charge in [0.25, 0.3) is 0 Å². The molecule has 0 unspecified atom stereocenters. The molecule has 0 aliphatic heterocycles. The van der Waals surface area contributed by atoms with E-state index in [1.807, 2.05) is 49.4 Å². The van der Waals surface area contributed by atoms with E-state index in [2.05, 4.69) is 5.32 Å². The second kappa shape index (κ2) is 8.11. The van der Waals surface area contributed by atoms with Gasteiger partial charge in [-0.3, -0.25) is 4.79 Å². The van der Waals surface area contributed by atoms with Gasteiger partial charge in [-0.2, -0.15) is 0 Å². The quantitative estimate of drug-likeness (QED) is 0.625. The lowest BCUT2D eigenvalue weighted by molar-refractivity contribution is -0.116. The average molecular weight is 370 g/mol. The third-order valence-corrected chi connectivity index (χ3v) is 4.34. The van der Waals surface area contributed by atoms with Crippen LogP contribution in [0.4, 0.5) is 5.69 Å². The molecule has 0 aliphatic rings. The van der Waals surface area contributed by atoms with Crippen LogP contribution in [0.3, 0.4) is 0 Å². The summed E-state index contributed by atoms with van der Waals surface area (Å²) in [5.74, 6) is 2.27. The summed E-state index contributed by atoms with van der Waals surface area (Å²) in [5.41, 5.74) is 2.68. The third-order valence-electron chi connectivity index (χ3n) is 4.11. The Labute approximate surface area is 157 Å². The Hall–Kier alpha value is -2.72. The smallest absolute Gasteiger partial charge is 0.224 e. The van der Waals surface area contributed by atoms with Crippen LogP contribution in [0.25, 0.3) is 11.3 Å². The molecular formula is C21H20ClNO3. The molecule has 1 heterocycles. The van der Waals surface area contributed by atoms with E-state index in [9.17, 15) is 4.79 Å². The number of aryl methyl sites for hydroxylation is 2. The number of halogens is 1. The molecule has 0 atom stereocenters. The van der Waals surface area contributed by atoms with Crippen molar-refractivity contribution in [2.45, 2.75) is 19.8 Å². The van der Waals surface area contributed by atoms with Crippen LogP contribution in [0.1, 0.15) is 17.7 Å². The van der Waals surface area contributed by atoms with Crippen molar-refractivity contribution in [3.63, 3.8) is 0 Å². The van der Waals surface area contributed by atoms with Gasteiger partial charge >= 0.3 is 0 Å². The number of hydrogen-bond acceptors (Lipinski definition) is 3. The fraction of sp³-hybridized carbons (Fsp3) is 0.190. The molecule has 0 radical (unpaired) electrons. The molecule has 2 aromatic carbocycles. The van der Waals surface area contributed by atoms with Gasteiger partial charge in [0.05, 0.1) is 7.11 Å². The lowest BCUT2D eigenvalue weighted by Crippen LogP contribution is -2.13. The molecule has 0 saturated carbocycles. The van der Waals surface area contributed by atoms with Gasteiger partial charge in [-0.05, 0) is 61.0 Å². The number of rotatable bonds is 6. The zero-order valence-electron chi connectivity index (χ0n) is 14.7. The molecule has 1 amide bonds.